The van der Waals surface area contributed by atoms with Crippen molar-refractivity contribution in [1.29, 1.82) is 0 Å². The van der Waals surface area contributed by atoms with Gasteiger partial charge in [0.25, 0.3) is 0 Å². The molecular weight excluding hydrogens is 356 g/mol. The Morgan fingerprint density at radius 3 is 2.82 bits per heavy atom. The first kappa shape index (κ1) is 15.3. The van der Waals surface area contributed by atoms with Gasteiger partial charge < -0.3 is 0 Å². The number of fused-ring (bicyclic) bond motifs is 7. The van der Waals surface area contributed by atoms with E-state index in [-0.39, 0.29) is 12.4 Å². The molecule has 0 N–H and O–H groups in total. The zero-order valence-corrected chi connectivity index (χ0v) is 14.9. The Hall–Kier alpha value is -3.75. The molecule has 0 aliphatic carbocycles. The van der Waals surface area contributed by atoms with Gasteiger partial charge in [0.15, 0.2) is 0 Å². The van der Waals surface area contributed by atoms with Crippen LogP contribution < -0.4 is 10.6 Å². The van der Waals surface area contributed by atoms with Crippen molar-refractivity contribution in [3.63, 3.8) is 0 Å². The molecule has 0 amide bonds. The van der Waals surface area contributed by atoms with Crippen LogP contribution in [0.25, 0.3) is 16.7 Å². The van der Waals surface area contributed by atoms with Crippen molar-refractivity contribution in [2.24, 2.45) is 4.99 Å². The second kappa shape index (κ2) is 5.62. The van der Waals surface area contributed by atoms with Crippen LogP contribution in [-0.2, 0) is 6.67 Å². The standard InChI is InChI=1S/C19H16N8O/c28-19-26(12-25-16-9-4-2-7-14(16)21-23-25)22-18-24-11-5-10-20-17(24)13-6-1-3-8-15(13)27(18)19/h1-4,6-9H,5,10-12H2. The highest BCUT2D eigenvalue weighted by Gasteiger charge is 2.33. The summed E-state index contributed by atoms with van der Waals surface area (Å²) in [6, 6.07) is 15.5. The van der Waals surface area contributed by atoms with E-state index in [0.29, 0.717) is 5.95 Å². The Balaban J connectivity index is 1.53. The minimum atomic E-state index is -0.202. The Morgan fingerprint density at radius 2 is 1.86 bits per heavy atom. The summed E-state index contributed by atoms with van der Waals surface area (Å²) < 4.78 is 4.79. The van der Waals surface area contributed by atoms with E-state index in [4.69, 9.17) is 4.99 Å². The first-order chi connectivity index (χ1) is 13.8. The third-order valence-electron chi connectivity index (χ3n) is 5.19. The minimum Gasteiger partial charge on any atom is -0.294 e. The van der Waals surface area contributed by atoms with Gasteiger partial charge in [-0.1, -0.05) is 29.5 Å². The predicted molar refractivity (Wildman–Crippen MR) is 104 cm³/mol. The van der Waals surface area contributed by atoms with Crippen LogP contribution in [0.2, 0.25) is 0 Å². The van der Waals surface area contributed by atoms with Crippen LogP contribution in [0, 0.1) is 0 Å². The van der Waals surface area contributed by atoms with E-state index in [1.54, 1.807) is 9.25 Å². The zero-order chi connectivity index (χ0) is 18.7. The van der Waals surface area contributed by atoms with Crippen molar-refractivity contribution >= 4 is 22.8 Å². The average Bonchev–Trinajstić information content (AvgIpc) is 3.30. The number of aromatic nitrogens is 6. The van der Waals surface area contributed by atoms with Crippen molar-refractivity contribution in [1.82, 2.24) is 29.3 Å². The molecule has 0 spiro atoms. The highest BCUT2D eigenvalue weighted by molar-refractivity contribution is 6.13. The summed E-state index contributed by atoms with van der Waals surface area (Å²) in [5.41, 5.74) is 3.22. The molecule has 0 unspecified atom stereocenters. The maximum absolute atomic E-state index is 13.2. The van der Waals surface area contributed by atoms with E-state index in [1.165, 1.54) is 4.68 Å². The Kier molecular flexibility index (Phi) is 3.08. The molecule has 0 bridgehead atoms. The molecule has 2 aliphatic rings. The van der Waals surface area contributed by atoms with E-state index >= 15 is 0 Å². The van der Waals surface area contributed by atoms with Crippen molar-refractivity contribution in [2.45, 2.75) is 13.1 Å². The van der Waals surface area contributed by atoms with E-state index in [2.05, 4.69) is 15.4 Å². The normalized spacial score (nSPS) is 15.1. The number of benzene rings is 2. The molecule has 2 aromatic carbocycles. The van der Waals surface area contributed by atoms with Crippen LogP contribution in [0.3, 0.4) is 0 Å². The Morgan fingerprint density at radius 1 is 1.00 bits per heavy atom. The molecule has 0 saturated carbocycles. The predicted octanol–water partition coefficient (Wildman–Crippen LogP) is 1.25. The number of rotatable bonds is 2. The molecule has 0 saturated heterocycles. The second-order valence-electron chi connectivity index (χ2n) is 6.86. The average molecular weight is 372 g/mol. The van der Waals surface area contributed by atoms with Crippen LogP contribution in [-0.4, -0.2) is 48.3 Å². The van der Waals surface area contributed by atoms with Crippen LogP contribution in [0.15, 0.2) is 58.3 Å². The van der Waals surface area contributed by atoms with Gasteiger partial charge in [-0.05, 0) is 30.7 Å². The van der Waals surface area contributed by atoms with E-state index in [0.717, 1.165) is 47.6 Å². The molecule has 9 nitrogen and oxygen atoms in total. The van der Waals surface area contributed by atoms with Gasteiger partial charge >= 0.3 is 5.69 Å². The summed E-state index contributed by atoms with van der Waals surface area (Å²) in [4.78, 5) is 20.0. The molecule has 2 aromatic heterocycles. The molecule has 9 heteroatoms. The van der Waals surface area contributed by atoms with Crippen molar-refractivity contribution < 1.29 is 0 Å². The summed E-state index contributed by atoms with van der Waals surface area (Å²) in [6.07, 6.45) is 0.931. The minimum absolute atomic E-state index is 0.196. The third kappa shape index (κ3) is 2.04. The molecular formula is C19H16N8O. The number of anilines is 1. The molecule has 0 fully saturated rings. The number of aliphatic imine (C=N–C) groups is 1. The maximum atomic E-state index is 13.2. The van der Waals surface area contributed by atoms with E-state index in [1.807, 2.05) is 53.4 Å². The monoisotopic (exact) mass is 372 g/mol. The summed E-state index contributed by atoms with van der Waals surface area (Å²) in [5.74, 6) is 1.49. The maximum Gasteiger partial charge on any atom is 0.353 e. The lowest BCUT2D eigenvalue weighted by Gasteiger charge is -2.33. The molecule has 28 heavy (non-hydrogen) atoms. The van der Waals surface area contributed by atoms with Gasteiger partial charge in [0.2, 0.25) is 5.95 Å². The highest BCUT2D eigenvalue weighted by Crippen LogP contribution is 2.29. The molecule has 4 aromatic rings. The van der Waals surface area contributed by atoms with Crippen LogP contribution in [0.1, 0.15) is 12.0 Å². The SMILES string of the molecule is O=c1n(Cn2nnc3ccccc32)nc2n1-c1ccccc1C1=NCCCN12. The van der Waals surface area contributed by atoms with Crippen molar-refractivity contribution in [2.75, 3.05) is 18.0 Å². The fourth-order valence-electron chi connectivity index (χ4n) is 3.91. The quantitative estimate of drug-likeness (QED) is 0.529. The molecule has 4 heterocycles. The number of hydrogen-bond acceptors (Lipinski definition) is 6. The number of hydrogen-bond donors (Lipinski definition) is 0. The molecule has 138 valence electrons. The van der Waals surface area contributed by atoms with Crippen molar-refractivity contribution in [3.8, 4) is 5.69 Å². The third-order valence-corrected chi connectivity index (χ3v) is 5.19. The second-order valence-corrected chi connectivity index (χ2v) is 6.86. The first-order valence-corrected chi connectivity index (χ1v) is 9.21. The number of nitrogens with zero attached hydrogens (tertiary/aromatic N) is 8. The topological polar surface area (TPSA) is 86.1 Å². The number of amidine groups is 1. The van der Waals surface area contributed by atoms with Gasteiger partial charge in [-0.25, -0.2) is 14.0 Å². The summed E-state index contributed by atoms with van der Waals surface area (Å²) in [6.45, 7) is 1.77. The smallest absolute Gasteiger partial charge is 0.294 e. The van der Waals surface area contributed by atoms with Gasteiger partial charge in [0.1, 0.15) is 18.0 Å². The van der Waals surface area contributed by atoms with Crippen LogP contribution in [0.4, 0.5) is 5.95 Å². The van der Waals surface area contributed by atoms with Gasteiger partial charge in [-0.2, -0.15) is 4.68 Å². The lowest BCUT2D eigenvalue weighted by Crippen LogP contribution is -2.42. The van der Waals surface area contributed by atoms with Crippen LogP contribution >= 0.6 is 0 Å². The van der Waals surface area contributed by atoms with Gasteiger partial charge in [-0.15, -0.1) is 10.2 Å². The van der Waals surface area contributed by atoms with E-state index in [9.17, 15) is 4.79 Å². The Labute approximate surface area is 159 Å². The highest BCUT2D eigenvalue weighted by atomic mass is 16.2. The van der Waals surface area contributed by atoms with Gasteiger partial charge in [-0.3, -0.25) is 9.89 Å². The van der Waals surface area contributed by atoms with Gasteiger partial charge in [0, 0.05) is 18.7 Å². The number of para-hydroxylation sites is 2. The molecule has 0 atom stereocenters. The molecule has 2 aliphatic heterocycles. The zero-order valence-electron chi connectivity index (χ0n) is 14.9. The van der Waals surface area contributed by atoms with Crippen molar-refractivity contribution in [3.05, 3.63) is 64.6 Å². The summed E-state index contributed by atoms with van der Waals surface area (Å²) in [5, 5.41) is 13.0. The lowest BCUT2D eigenvalue weighted by molar-refractivity contribution is 0.487. The first-order valence-electron chi connectivity index (χ1n) is 9.21. The van der Waals surface area contributed by atoms with E-state index < -0.39 is 0 Å². The van der Waals surface area contributed by atoms with Gasteiger partial charge in [0.05, 0.1) is 11.2 Å². The lowest BCUT2D eigenvalue weighted by atomic mass is 10.1. The largest absolute Gasteiger partial charge is 0.353 e. The fraction of sp³-hybridized carbons (Fsp3) is 0.211. The molecule has 0 radical (unpaired) electrons. The summed E-state index contributed by atoms with van der Waals surface area (Å²) >= 11 is 0. The molecule has 6 rings (SSSR count). The fourth-order valence-corrected chi connectivity index (χ4v) is 3.91. The Bertz CT molecular complexity index is 1310. The summed E-state index contributed by atoms with van der Waals surface area (Å²) in [7, 11) is 0. The van der Waals surface area contributed by atoms with Crippen LogP contribution in [0.5, 0.6) is 0 Å².